The molecule has 0 aliphatic carbocycles. The van der Waals surface area contributed by atoms with Crippen LogP contribution >= 0.6 is 0 Å². The second kappa shape index (κ2) is 10.8. The summed E-state index contributed by atoms with van der Waals surface area (Å²) in [4.78, 5) is 30.7. The fourth-order valence-electron chi connectivity index (χ4n) is 5.71. The Bertz CT molecular complexity index is 1480. The second-order valence-corrected chi connectivity index (χ2v) is 12.2. The summed E-state index contributed by atoms with van der Waals surface area (Å²) in [5.41, 5.74) is 1.46. The Kier molecular flexibility index (Phi) is 7.66. The zero-order valence-corrected chi connectivity index (χ0v) is 24.7. The Morgan fingerprint density at radius 1 is 1.15 bits per heavy atom. The first-order valence-corrected chi connectivity index (χ1v) is 13.9. The van der Waals surface area contributed by atoms with Gasteiger partial charge in [-0.25, -0.2) is 9.59 Å². The van der Waals surface area contributed by atoms with Crippen molar-refractivity contribution in [3.8, 4) is 5.75 Å². The van der Waals surface area contributed by atoms with Crippen molar-refractivity contribution in [3.63, 3.8) is 0 Å². The molecule has 2 saturated heterocycles. The monoisotopic (exact) mass is 570 g/mol. The first-order valence-electron chi connectivity index (χ1n) is 13.9. The SMILES string of the molecule is CO[C@H]1[C@@H](OC(=O)c2ccc(C)[nH]2)[C@@H](O)[C@H](Oc2ccc3c(N4CC[N+](C)(C)CC4)cc(=O)oc3c2C)OC1(C)C. The number of aliphatic hydroxyl groups is 1. The van der Waals surface area contributed by atoms with Gasteiger partial charge < -0.3 is 42.8 Å². The molecule has 5 rings (SSSR count). The van der Waals surface area contributed by atoms with Crippen molar-refractivity contribution in [2.45, 2.75) is 57.9 Å². The van der Waals surface area contributed by atoms with Gasteiger partial charge in [0.05, 0.1) is 51.6 Å². The highest BCUT2D eigenvalue weighted by atomic mass is 16.7. The van der Waals surface area contributed by atoms with Crippen molar-refractivity contribution in [2.75, 3.05) is 52.3 Å². The molecule has 11 nitrogen and oxygen atoms in total. The molecule has 1 aromatic carbocycles. The molecular weight excluding hydrogens is 530 g/mol. The molecule has 222 valence electrons. The number of benzene rings is 1. The van der Waals surface area contributed by atoms with Crippen LogP contribution < -0.4 is 15.3 Å². The van der Waals surface area contributed by atoms with Crippen LogP contribution in [0.25, 0.3) is 11.0 Å². The number of fused-ring (bicyclic) bond motifs is 1. The molecule has 2 aromatic heterocycles. The number of H-pyrrole nitrogens is 1. The van der Waals surface area contributed by atoms with E-state index in [2.05, 4.69) is 24.0 Å². The predicted octanol–water partition coefficient (Wildman–Crippen LogP) is 2.75. The van der Waals surface area contributed by atoms with Gasteiger partial charge in [-0.15, -0.1) is 0 Å². The minimum atomic E-state index is -1.38. The lowest BCUT2D eigenvalue weighted by Crippen LogP contribution is -2.65. The molecule has 11 heteroatoms. The quantitative estimate of drug-likeness (QED) is 0.262. The maximum Gasteiger partial charge on any atom is 0.355 e. The van der Waals surface area contributed by atoms with Crippen LogP contribution in [0.4, 0.5) is 5.69 Å². The number of aromatic nitrogens is 1. The lowest BCUT2D eigenvalue weighted by Gasteiger charge is -2.47. The molecule has 0 saturated carbocycles. The van der Waals surface area contributed by atoms with Crippen molar-refractivity contribution >= 4 is 22.6 Å². The van der Waals surface area contributed by atoms with Gasteiger partial charge >= 0.3 is 11.6 Å². The number of aliphatic hydroxyl groups excluding tert-OH is 1. The number of hydrogen-bond acceptors (Lipinski definition) is 9. The van der Waals surface area contributed by atoms with Crippen molar-refractivity contribution < 1.29 is 37.7 Å². The molecule has 0 unspecified atom stereocenters. The molecule has 0 bridgehead atoms. The number of rotatable bonds is 6. The van der Waals surface area contributed by atoms with Crippen molar-refractivity contribution in [2.24, 2.45) is 0 Å². The topological polar surface area (TPSA) is 123 Å². The Morgan fingerprint density at radius 3 is 2.49 bits per heavy atom. The third-order valence-electron chi connectivity index (χ3n) is 8.19. The summed E-state index contributed by atoms with van der Waals surface area (Å²) in [6.45, 7) is 10.8. The second-order valence-electron chi connectivity index (χ2n) is 12.2. The van der Waals surface area contributed by atoms with Gasteiger partial charge in [0, 0.05) is 29.8 Å². The van der Waals surface area contributed by atoms with E-state index in [0.717, 1.165) is 47.4 Å². The third kappa shape index (κ3) is 5.72. The van der Waals surface area contributed by atoms with Gasteiger partial charge in [0.1, 0.15) is 23.1 Å². The highest BCUT2D eigenvalue weighted by Crippen LogP contribution is 2.37. The Morgan fingerprint density at radius 2 is 1.85 bits per heavy atom. The van der Waals surface area contributed by atoms with Crippen LogP contribution in [0.3, 0.4) is 0 Å². The summed E-state index contributed by atoms with van der Waals surface area (Å²) in [5.74, 6) is -0.258. The predicted molar refractivity (Wildman–Crippen MR) is 152 cm³/mol. The largest absolute Gasteiger partial charge is 0.462 e. The molecule has 2 aliphatic heterocycles. The third-order valence-corrected chi connectivity index (χ3v) is 8.19. The van der Waals surface area contributed by atoms with Crippen molar-refractivity contribution in [3.05, 3.63) is 57.7 Å². The Labute approximate surface area is 239 Å². The summed E-state index contributed by atoms with van der Waals surface area (Å²) in [6, 6.07) is 8.56. The number of quaternary nitrogens is 1. The van der Waals surface area contributed by atoms with Crippen LogP contribution in [0.2, 0.25) is 0 Å². The number of hydrogen-bond donors (Lipinski definition) is 2. The van der Waals surface area contributed by atoms with E-state index < -0.39 is 41.8 Å². The van der Waals surface area contributed by atoms with Gasteiger partial charge in [-0.2, -0.15) is 0 Å². The average molecular weight is 571 g/mol. The summed E-state index contributed by atoms with van der Waals surface area (Å²) in [6.07, 6.45) is -4.44. The van der Waals surface area contributed by atoms with Gasteiger partial charge in [-0.1, -0.05) is 0 Å². The van der Waals surface area contributed by atoms with Crippen LogP contribution in [0.1, 0.15) is 35.6 Å². The highest BCUT2D eigenvalue weighted by molar-refractivity contribution is 5.93. The maximum atomic E-state index is 12.9. The number of nitrogens with one attached hydrogen (secondary N) is 1. The standard InChI is InChI=1S/C30H39N3O8/c1-17-8-10-20(31-17)28(36)40-26-24(35)29(41-30(3,4)27(26)37-7)38-22-11-9-19-21(16-23(34)39-25(19)18(22)2)32-12-14-33(5,6)15-13-32/h8-11,16,24,26-27,29,35H,12-15H2,1-7H3/p+1/t24-,26+,27+,29-/m1/s1. The first-order chi connectivity index (χ1) is 19.3. The van der Waals surface area contributed by atoms with E-state index >= 15 is 0 Å². The minimum absolute atomic E-state index is 0.263. The highest BCUT2D eigenvalue weighted by Gasteiger charge is 2.53. The minimum Gasteiger partial charge on any atom is -0.462 e. The molecule has 0 amide bonds. The number of methoxy groups -OCH3 is 1. The van der Waals surface area contributed by atoms with E-state index in [0.29, 0.717) is 16.9 Å². The number of aromatic amines is 1. The summed E-state index contributed by atoms with van der Waals surface area (Å²) >= 11 is 0. The van der Waals surface area contributed by atoms with Crippen LogP contribution in [0.5, 0.6) is 5.75 Å². The molecule has 0 spiro atoms. The molecule has 4 heterocycles. The Hall–Kier alpha value is -3.38. The first kappa shape index (κ1) is 29.1. The number of carbonyl (C=O) groups is 1. The van der Waals surface area contributed by atoms with E-state index in [1.165, 1.54) is 7.11 Å². The smallest absolute Gasteiger partial charge is 0.355 e. The number of likely N-dealkylation sites (N-methyl/N-ethyl adjacent to an activating group) is 1. The molecule has 3 aromatic rings. The van der Waals surface area contributed by atoms with E-state index in [1.54, 1.807) is 45.0 Å². The molecule has 0 radical (unpaired) electrons. The maximum absolute atomic E-state index is 12.9. The van der Waals surface area contributed by atoms with Crippen molar-refractivity contribution in [1.82, 2.24) is 4.98 Å². The van der Waals surface area contributed by atoms with Gasteiger partial charge in [0.2, 0.25) is 6.29 Å². The van der Waals surface area contributed by atoms with Crippen LogP contribution in [0, 0.1) is 13.8 Å². The fourth-order valence-corrected chi connectivity index (χ4v) is 5.71. The fraction of sp³-hybridized carbons (Fsp3) is 0.533. The molecule has 2 aliphatic rings. The van der Waals surface area contributed by atoms with Crippen LogP contribution in [0.15, 0.2) is 39.5 Å². The molecule has 2 N–H and O–H groups in total. The van der Waals surface area contributed by atoms with Gasteiger partial charge in [0.25, 0.3) is 0 Å². The molecular formula is C30H40N3O8+. The zero-order valence-electron chi connectivity index (χ0n) is 24.7. The molecule has 2 fully saturated rings. The summed E-state index contributed by atoms with van der Waals surface area (Å²) < 4.78 is 30.3. The lowest BCUT2D eigenvalue weighted by molar-refractivity contribution is -0.890. The molecule has 4 atom stereocenters. The summed E-state index contributed by atoms with van der Waals surface area (Å²) in [5, 5.41) is 12.1. The number of anilines is 1. The number of nitrogens with zero attached hydrogens (tertiary/aromatic N) is 2. The number of carbonyl (C=O) groups excluding carboxylic acids is 1. The van der Waals surface area contributed by atoms with E-state index in [4.69, 9.17) is 23.4 Å². The van der Waals surface area contributed by atoms with Gasteiger partial charge in [-0.05, 0) is 52.0 Å². The zero-order chi connectivity index (χ0) is 29.7. The number of esters is 1. The lowest BCUT2D eigenvalue weighted by atomic mass is 9.89. The van der Waals surface area contributed by atoms with Crippen LogP contribution in [-0.4, -0.2) is 98.1 Å². The van der Waals surface area contributed by atoms with Gasteiger partial charge in [0.15, 0.2) is 12.2 Å². The van der Waals surface area contributed by atoms with Crippen molar-refractivity contribution in [1.29, 1.82) is 0 Å². The number of piperazine rings is 1. The van der Waals surface area contributed by atoms with E-state index in [9.17, 15) is 14.7 Å². The van der Waals surface area contributed by atoms with E-state index in [1.807, 2.05) is 13.0 Å². The van der Waals surface area contributed by atoms with Gasteiger partial charge in [-0.3, -0.25) is 0 Å². The Balaban J connectivity index is 1.43. The number of aryl methyl sites for hydroxylation is 2. The molecule has 41 heavy (non-hydrogen) atoms. The van der Waals surface area contributed by atoms with Crippen LogP contribution in [-0.2, 0) is 14.2 Å². The number of ether oxygens (including phenoxy) is 4. The average Bonchev–Trinajstić information content (AvgIpc) is 3.34. The summed E-state index contributed by atoms with van der Waals surface area (Å²) in [7, 11) is 5.87. The normalized spacial score (nSPS) is 25.7. The van der Waals surface area contributed by atoms with E-state index in [-0.39, 0.29) is 5.69 Å².